The molecule has 0 unspecified atom stereocenters. The molecule has 1 fully saturated rings. The third-order valence-electron chi connectivity index (χ3n) is 4.28. The molecule has 0 saturated carbocycles. The summed E-state index contributed by atoms with van der Waals surface area (Å²) in [6.45, 7) is 4.24. The Labute approximate surface area is 152 Å². The molecule has 0 radical (unpaired) electrons. The molecule has 2 heterocycles. The van der Waals surface area contributed by atoms with E-state index in [2.05, 4.69) is 10.1 Å². The number of carbonyl (C=O) groups is 1. The number of carbonyl (C=O) groups excluding carboxylic acids is 1. The summed E-state index contributed by atoms with van der Waals surface area (Å²) in [6.07, 6.45) is 2.74. The van der Waals surface area contributed by atoms with Crippen LogP contribution in [0.15, 0.2) is 27.6 Å². The number of nitrogens with zero attached hydrogens (tertiary/aromatic N) is 3. The molecule has 0 N–H and O–H groups in total. The number of piperidine rings is 1. The minimum atomic E-state index is -3.61. The molecule has 0 bridgehead atoms. The van der Waals surface area contributed by atoms with E-state index in [1.54, 1.807) is 19.9 Å². The first-order valence-corrected chi connectivity index (χ1v) is 9.89. The maximum Gasteiger partial charge on any atom is 0.338 e. The summed E-state index contributed by atoms with van der Waals surface area (Å²) in [7, 11) is -3.61. The van der Waals surface area contributed by atoms with E-state index in [1.807, 2.05) is 0 Å². The van der Waals surface area contributed by atoms with Crippen molar-refractivity contribution in [2.75, 3.05) is 13.1 Å². The Balaban J connectivity index is 1.79. The van der Waals surface area contributed by atoms with Crippen LogP contribution in [0.4, 0.5) is 0 Å². The summed E-state index contributed by atoms with van der Waals surface area (Å²) in [5.41, 5.74) is 0.841. The molecule has 1 aliphatic heterocycles. The lowest BCUT2D eigenvalue weighted by atomic mass is 10.1. The van der Waals surface area contributed by atoms with Crippen LogP contribution in [0.25, 0.3) is 0 Å². The van der Waals surface area contributed by atoms with Crippen LogP contribution in [0, 0.1) is 13.8 Å². The number of esters is 1. The van der Waals surface area contributed by atoms with Crippen LogP contribution < -0.4 is 0 Å². The smallest absolute Gasteiger partial charge is 0.338 e. The van der Waals surface area contributed by atoms with Gasteiger partial charge in [0.05, 0.1) is 10.5 Å². The van der Waals surface area contributed by atoms with Crippen LogP contribution in [-0.4, -0.2) is 41.9 Å². The Morgan fingerprint density at radius 3 is 2.62 bits per heavy atom. The molecule has 140 valence electrons. The van der Waals surface area contributed by atoms with Gasteiger partial charge in [-0.1, -0.05) is 17.6 Å². The van der Waals surface area contributed by atoms with Crippen LogP contribution in [0.3, 0.4) is 0 Å². The number of hydrogen-bond donors (Lipinski definition) is 0. The van der Waals surface area contributed by atoms with Gasteiger partial charge in [-0.2, -0.15) is 9.29 Å². The van der Waals surface area contributed by atoms with Crippen molar-refractivity contribution < 1.29 is 22.5 Å². The summed E-state index contributed by atoms with van der Waals surface area (Å²) in [5.74, 6) is 0.00138. The number of aryl methyl sites for hydroxylation is 2. The number of rotatable bonds is 5. The average molecular weight is 379 g/mol. The van der Waals surface area contributed by atoms with Crippen molar-refractivity contribution in [3.05, 3.63) is 41.0 Å². The summed E-state index contributed by atoms with van der Waals surface area (Å²) in [6, 6.07) is 4.52. The molecule has 9 heteroatoms. The van der Waals surface area contributed by atoms with Crippen LogP contribution in [0.2, 0.25) is 0 Å². The zero-order chi connectivity index (χ0) is 18.7. The molecule has 0 aliphatic carbocycles. The van der Waals surface area contributed by atoms with Crippen molar-refractivity contribution >= 4 is 16.0 Å². The zero-order valence-electron chi connectivity index (χ0n) is 14.8. The van der Waals surface area contributed by atoms with Crippen molar-refractivity contribution in [1.82, 2.24) is 14.4 Å². The summed E-state index contributed by atoms with van der Waals surface area (Å²) >= 11 is 0. The molecule has 8 nitrogen and oxygen atoms in total. The molecule has 1 aliphatic rings. The monoisotopic (exact) mass is 379 g/mol. The van der Waals surface area contributed by atoms with Gasteiger partial charge in [0.1, 0.15) is 0 Å². The van der Waals surface area contributed by atoms with Crippen LogP contribution >= 0.6 is 0 Å². The second kappa shape index (κ2) is 7.55. The Bertz CT molecular complexity index is 901. The molecular weight excluding hydrogens is 358 g/mol. The fourth-order valence-corrected chi connectivity index (χ4v) is 4.38. The molecule has 26 heavy (non-hydrogen) atoms. The van der Waals surface area contributed by atoms with E-state index in [0.717, 1.165) is 19.3 Å². The maximum absolute atomic E-state index is 12.8. The van der Waals surface area contributed by atoms with Gasteiger partial charge in [-0.3, -0.25) is 0 Å². The number of aromatic nitrogens is 2. The second-order valence-corrected chi connectivity index (χ2v) is 8.19. The highest BCUT2D eigenvalue weighted by Crippen LogP contribution is 2.23. The Morgan fingerprint density at radius 1 is 1.23 bits per heavy atom. The van der Waals surface area contributed by atoms with Gasteiger partial charge in [0.2, 0.25) is 10.0 Å². The Kier molecular flexibility index (Phi) is 5.38. The van der Waals surface area contributed by atoms with Gasteiger partial charge in [0.15, 0.2) is 12.4 Å². The van der Waals surface area contributed by atoms with Gasteiger partial charge >= 0.3 is 5.97 Å². The van der Waals surface area contributed by atoms with E-state index >= 15 is 0 Å². The third-order valence-corrected chi connectivity index (χ3v) is 6.17. The SMILES string of the molecule is Cc1noc(COC(=O)c2cc(S(=O)(=O)N3CCCCC3)ccc2C)n1. The summed E-state index contributed by atoms with van der Waals surface area (Å²) < 4.78 is 37.1. The molecule has 3 rings (SSSR count). The molecule has 1 aromatic carbocycles. The topological polar surface area (TPSA) is 103 Å². The van der Waals surface area contributed by atoms with E-state index < -0.39 is 16.0 Å². The highest BCUT2D eigenvalue weighted by molar-refractivity contribution is 7.89. The molecule has 1 aromatic heterocycles. The molecule has 0 atom stereocenters. The van der Waals surface area contributed by atoms with Gasteiger partial charge in [0.25, 0.3) is 5.89 Å². The third kappa shape index (κ3) is 3.94. The predicted molar refractivity (Wildman–Crippen MR) is 91.9 cm³/mol. The van der Waals surface area contributed by atoms with Crippen molar-refractivity contribution in [2.24, 2.45) is 0 Å². The first-order valence-electron chi connectivity index (χ1n) is 8.45. The molecular formula is C17H21N3O5S. The lowest BCUT2D eigenvalue weighted by Gasteiger charge is -2.26. The highest BCUT2D eigenvalue weighted by atomic mass is 32.2. The number of benzene rings is 1. The predicted octanol–water partition coefficient (Wildman–Crippen LogP) is 2.22. The average Bonchev–Trinajstić information content (AvgIpc) is 3.06. The molecule has 0 amide bonds. The van der Waals surface area contributed by atoms with E-state index in [0.29, 0.717) is 24.5 Å². The fourth-order valence-electron chi connectivity index (χ4n) is 2.84. The normalized spacial score (nSPS) is 15.8. The number of hydrogen-bond acceptors (Lipinski definition) is 7. The quantitative estimate of drug-likeness (QED) is 0.734. The van der Waals surface area contributed by atoms with Crippen molar-refractivity contribution in [3.63, 3.8) is 0 Å². The summed E-state index contributed by atoms with van der Waals surface area (Å²) in [4.78, 5) is 16.4. The van der Waals surface area contributed by atoms with E-state index in [4.69, 9.17) is 9.26 Å². The van der Waals surface area contributed by atoms with E-state index in [9.17, 15) is 13.2 Å². The fraction of sp³-hybridized carbons (Fsp3) is 0.471. The van der Waals surface area contributed by atoms with E-state index in [-0.39, 0.29) is 23.0 Å². The van der Waals surface area contributed by atoms with Gasteiger partial charge in [-0.15, -0.1) is 0 Å². The Morgan fingerprint density at radius 2 is 1.96 bits per heavy atom. The van der Waals surface area contributed by atoms with Crippen LogP contribution in [0.1, 0.15) is 46.9 Å². The van der Waals surface area contributed by atoms with Gasteiger partial charge in [-0.25, -0.2) is 13.2 Å². The number of ether oxygens (including phenoxy) is 1. The minimum absolute atomic E-state index is 0.102. The molecule has 2 aromatic rings. The van der Waals surface area contributed by atoms with Gasteiger partial charge in [0, 0.05) is 13.1 Å². The molecule has 1 saturated heterocycles. The number of sulfonamides is 1. The lowest BCUT2D eigenvalue weighted by Crippen LogP contribution is -2.35. The van der Waals surface area contributed by atoms with Gasteiger partial charge in [-0.05, 0) is 44.4 Å². The standard InChI is InChI=1S/C17H21N3O5S/c1-12-6-7-14(26(22,23)20-8-4-3-5-9-20)10-15(12)17(21)24-11-16-18-13(2)19-25-16/h6-7,10H,3-5,8-9,11H2,1-2H3. The summed E-state index contributed by atoms with van der Waals surface area (Å²) in [5, 5.41) is 3.62. The van der Waals surface area contributed by atoms with Crippen LogP contribution in [-0.2, 0) is 21.4 Å². The van der Waals surface area contributed by atoms with Crippen molar-refractivity contribution in [2.45, 2.75) is 44.6 Å². The minimum Gasteiger partial charge on any atom is -0.452 e. The first kappa shape index (κ1) is 18.5. The van der Waals surface area contributed by atoms with Crippen molar-refractivity contribution in [1.29, 1.82) is 0 Å². The largest absolute Gasteiger partial charge is 0.452 e. The maximum atomic E-state index is 12.8. The first-order chi connectivity index (χ1) is 12.4. The second-order valence-electron chi connectivity index (χ2n) is 6.25. The van der Waals surface area contributed by atoms with Gasteiger partial charge < -0.3 is 9.26 Å². The highest BCUT2D eigenvalue weighted by Gasteiger charge is 2.27. The van der Waals surface area contributed by atoms with Crippen molar-refractivity contribution in [3.8, 4) is 0 Å². The van der Waals surface area contributed by atoms with Crippen LogP contribution in [0.5, 0.6) is 0 Å². The molecule has 0 spiro atoms. The zero-order valence-corrected chi connectivity index (χ0v) is 15.6. The van der Waals surface area contributed by atoms with E-state index in [1.165, 1.54) is 16.4 Å². The lowest BCUT2D eigenvalue weighted by molar-refractivity contribution is 0.0428. The Hall–Kier alpha value is -2.26.